The molecule has 4 aliphatic heterocycles. The van der Waals surface area contributed by atoms with Crippen LogP contribution >= 0.6 is 0 Å². The normalized spacial score (nSPS) is 23.5. The number of carboxylic acids is 1. The van der Waals surface area contributed by atoms with Gasteiger partial charge in [0.25, 0.3) is 17.7 Å². The monoisotopic (exact) mass is 1030 g/mol. The number of halogens is 10. The van der Waals surface area contributed by atoms with E-state index in [0.29, 0.717) is 43.7 Å². The number of hydrogen-bond acceptors (Lipinski definition) is 11. The standard InChI is InChI=1S/C22H18F5N3O5.C15H16N2O6.C8H6F5N/c23-9-1-4-12(14(24)5-9)19(22(25,26)27)28-20(33)13-7-29-8-15-30(10-2-3-11(6-10)35-15)21(34)16(29)18(32)17(13)31;1-22-13-11-14(19)17-7-2-3-8(4-7)23-10(17)6-16(11)5-9(12(13)18)15(20)21;9-4-1-2-5(6(10)3-4)7(14)8(11,12)13/h1,4-5,7,10-11,15,19,32H,2-3,6,8H2,(H,28,33);5,7-8,10H,2-4,6H2,1H3,(H,20,21);1-3,7H,14H2/t10-,11+,15?,19+;7-,8+,10?;7-/m110/s1. The summed E-state index contributed by atoms with van der Waals surface area (Å²) in [4.78, 5) is 78.0. The van der Waals surface area contributed by atoms with E-state index < -0.39 is 122 Å². The molecule has 8 atom stereocenters. The molecular weight excluding hydrogens is 991 g/mol. The Morgan fingerprint density at radius 3 is 1.68 bits per heavy atom. The van der Waals surface area contributed by atoms with E-state index in [0.717, 1.165) is 42.5 Å². The molecule has 0 spiro atoms. The number of methoxy groups -OCH3 is 1. The number of pyridine rings is 2. The molecule has 386 valence electrons. The fourth-order valence-corrected chi connectivity index (χ4v) is 9.80. The molecule has 4 aromatic rings. The van der Waals surface area contributed by atoms with Crippen molar-refractivity contribution in [3.8, 4) is 11.5 Å². The van der Waals surface area contributed by atoms with Crippen LogP contribution in [0.5, 0.6) is 11.5 Å². The van der Waals surface area contributed by atoms with Gasteiger partial charge >= 0.3 is 18.3 Å². The summed E-state index contributed by atoms with van der Waals surface area (Å²) in [5.41, 5.74) is -0.816. The molecule has 5 N–H and O–H groups in total. The summed E-state index contributed by atoms with van der Waals surface area (Å²) in [5, 5.41) is 21.2. The van der Waals surface area contributed by atoms with Crippen LogP contribution in [0.2, 0.25) is 0 Å². The summed E-state index contributed by atoms with van der Waals surface area (Å²) in [6.45, 7) is 0.239. The summed E-state index contributed by atoms with van der Waals surface area (Å²) in [7, 11) is 1.26. The molecule has 27 heteroatoms. The molecule has 2 saturated heterocycles. The molecule has 10 rings (SSSR count). The van der Waals surface area contributed by atoms with Crippen LogP contribution in [0.3, 0.4) is 0 Å². The Hall–Kier alpha value is -7.00. The third-order valence-electron chi connectivity index (χ3n) is 13.1. The number of benzene rings is 2. The maximum absolute atomic E-state index is 14.1. The zero-order valence-corrected chi connectivity index (χ0v) is 37.1. The van der Waals surface area contributed by atoms with Gasteiger partial charge < -0.3 is 54.4 Å². The smallest absolute Gasteiger partial charge is 0.412 e. The van der Waals surface area contributed by atoms with Gasteiger partial charge in [-0.05, 0) is 50.7 Å². The number of amides is 3. The molecule has 4 fully saturated rings. The molecule has 6 heterocycles. The number of alkyl halides is 6. The molecule has 0 radical (unpaired) electrons. The number of hydrogen-bond donors (Lipinski definition) is 4. The van der Waals surface area contributed by atoms with E-state index in [9.17, 15) is 82.9 Å². The first kappa shape index (κ1) is 51.4. The zero-order chi connectivity index (χ0) is 52.5. The molecule has 2 unspecified atom stereocenters. The number of nitrogens with one attached hydrogen (secondary N) is 1. The van der Waals surface area contributed by atoms with E-state index in [2.05, 4.69) is 0 Å². The third kappa shape index (κ3) is 9.58. The lowest BCUT2D eigenvalue weighted by molar-refractivity contribution is -0.156. The Kier molecular flexibility index (Phi) is 13.7. The zero-order valence-electron chi connectivity index (χ0n) is 37.1. The Morgan fingerprint density at radius 2 is 1.21 bits per heavy atom. The first-order valence-electron chi connectivity index (χ1n) is 21.9. The lowest BCUT2D eigenvalue weighted by atomic mass is 10.0. The molecule has 2 aromatic heterocycles. The molecule has 72 heavy (non-hydrogen) atoms. The lowest BCUT2D eigenvalue weighted by Crippen LogP contribution is -2.57. The van der Waals surface area contributed by atoms with Crippen LogP contribution in [0.15, 0.2) is 58.4 Å². The van der Waals surface area contributed by atoms with Gasteiger partial charge in [0.1, 0.15) is 40.4 Å². The first-order valence-corrected chi connectivity index (χ1v) is 21.9. The van der Waals surface area contributed by atoms with Gasteiger partial charge in [-0.3, -0.25) is 24.0 Å². The van der Waals surface area contributed by atoms with Crippen molar-refractivity contribution in [3.05, 3.63) is 126 Å². The van der Waals surface area contributed by atoms with Crippen molar-refractivity contribution in [2.45, 2.75) is 113 Å². The van der Waals surface area contributed by atoms with Crippen LogP contribution in [-0.2, 0) is 22.6 Å². The summed E-state index contributed by atoms with van der Waals surface area (Å²) >= 11 is 0. The van der Waals surface area contributed by atoms with Gasteiger partial charge in [-0.25, -0.2) is 22.4 Å². The number of aromatic carboxylic acids is 1. The second-order valence-corrected chi connectivity index (χ2v) is 17.5. The number of nitrogens with zero attached hydrogens (tertiary/aromatic N) is 4. The van der Waals surface area contributed by atoms with Crippen LogP contribution in [0, 0.1) is 23.3 Å². The highest BCUT2D eigenvalue weighted by molar-refractivity contribution is 6.00. The fourth-order valence-electron chi connectivity index (χ4n) is 9.80. The fraction of sp³-hybridized carbons (Fsp3) is 0.422. The van der Waals surface area contributed by atoms with E-state index in [4.69, 9.17) is 19.9 Å². The number of carboxylic acid groups (broad SMARTS) is 1. The summed E-state index contributed by atoms with van der Waals surface area (Å²) in [6.07, 6.45) is -4.28. The highest BCUT2D eigenvalue weighted by Crippen LogP contribution is 2.41. The minimum Gasteiger partial charge on any atom is -0.503 e. The number of carbonyl (C=O) groups is 4. The molecule has 2 aromatic carbocycles. The highest BCUT2D eigenvalue weighted by atomic mass is 19.4. The highest BCUT2D eigenvalue weighted by Gasteiger charge is 2.50. The van der Waals surface area contributed by atoms with Gasteiger partial charge in [0.2, 0.25) is 10.9 Å². The predicted molar refractivity (Wildman–Crippen MR) is 223 cm³/mol. The SMILES string of the molecule is COc1c2n(cc(C(=O)O)c1=O)CC1O[C@H]3CC[C@H](C3)N1C2=O.N[C@@H](c1ccc(F)cc1F)C(F)(F)F.O=C(N[C@@H](c1ccc(F)cc1F)C(F)(F)F)c1cn2c(c(O)c1=O)C(=O)N1C(C2)O[C@H]2CC[C@@H]1C2. The second kappa shape index (κ2) is 19.2. The number of rotatable bonds is 6. The van der Waals surface area contributed by atoms with E-state index in [1.54, 1.807) is 4.90 Å². The number of aromatic hydroxyl groups is 1. The maximum atomic E-state index is 14.1. The van der Waals surface area contributed by atoms with Crippen molar-refractivity contribution < 1.29 is 87.5 Å². The summed E-state index contributed by atoms with van der Waals surface area (Å²) in [6, 6.07) is -2.23. The topological polar surface area (TPSA) is 225 Å². The van der Waals surface area contributed by atoms with Gasteiger partial charge in [-0.2, -0.15) is 26.3 Å². The lowest BCUT2D eigenvalue weighted by Gasteiger charge is -2.44. The van der Waals surface area contributed by atoms with E-state index in [1.165, 1.54) is 28.1 Å². The van der Waals surface area contributed by atoms with Crippen LogP contribution in [0.1, 0.15) is 103 Å². The molecule has 2 aliphatic carbocycles. The van der Waals surface area contributed by atoms with Crippen LogP contribution in [0.4, 0.5) is 43.9 Å². The van der Waals surface area contributed by atoms with Crippen molar-refractivity contribution in [3.63, 3.8) is 0 Å². The van der Waals surface area contributed by atoms with Gasteiger partial charge in [-0.1, -0.05) is 12.1 Å². The quantitative estimate of drug-likeness (QED) is 0.178. The van der Waals surface area contributed by atoms with Crippen LogP contribution in [-0.4, -0.2) is 109 Å². The molecular formula is C45H40F10N6O11. The summed E-state index contributed by atoms with van der Waals surface area (Å²) < 4.78 is 149. The average molecular weight is 1030 g/mol. The van der Waals surface area contributed by atoms with Gasteiger partial charge in [0.15, 0.2) is 41.4 Å². The van der Waals surface area contributed by atoms with Crippen LogP contribution < -0.4 is 26.6 Å². The Morgan fingerprint density at radius 1 is 0.722 bits per heavy atom. The summed E-state index contributed by atoms with van der Waals surface area (Å²) in [5.74, 6) is -10.1. The minimum atomic E-state index is -5.20. The molecule has 4 bridgehead atoms. The van der Waals surface area contributed by atoms with E-state index >= 15 is 0 Å². The molecule has 17 nitrogen and oxygen atoms in total. The van der Waals surface area contributed by atoms with E-state index in [-0.39, 0.29) is 54.3 Å². The Labute approximate surface area is 398 Å². The van der Waals surface area contributed by atoms with Crippen molar-refractivity contribution in [2.24, 2.45) is 5.73 Å². The number of nitrogens with two attached hydrogens (primary N) is 1. The minimum absolute atomic E-state index is 0.0581. The van der Waals surface area contributed by atoms with E-state index in [1.807, 2.05) is 0 Å². The Balaban J connectivity index is 0.000000160. The number of carbonyl (C=O) groups excluding carboxylic acids is 3. The van der Waals surface area contributed by atoms with Crippen molar-refractivity contribution >= 4 is 23.7 Å². The van der Waals surface area contributed by atoms with Crippen molar-refractivity contribution in [1.82, 2.24) is 24.3 Å². The number of ether oxygens (including phenoxy) is 3. The number of aromatic nitrogens is 2. The first-order chi connectivity index (χ1) is 33.8. The van der Waals surface area contributed by atoms with Gasteiger partial charge in [0.05, 0.1) is 32.4 Å². The number of fused-ring (bicyclic) bond motifs is 10. The largest absolute Gasteiger partial charge is 0.503 e. The van der Waals surface area contributed by atoms with Crippen LogP contribution in [0.25, 0.3) is 0 Å². The average Bonchev–Trinajstić information content (AvgIpc) is 3.87. The van der Waals surface area contributed by atoms with Gasteiger partial charge in [-0.15, -0.1) is 0 Å². The second-order valence-electron chi connectivity index (χ2n) is 17.5. The molecule has 6 aliphatic rings. The maximum Gasteiger partial charge on any atom is 0.412 e. The van der Waals surface area contributed by atoms with Gasteiger partial charge in [0, 0.05) is 47.7 Å². The van der Waals surface area contributed by atoms with Crippen molar-refractivity contribution in [2.75, 3.05) is 7.11 Å². The predicted octanol–water partition coefficient (Wildman–Crippen LogP) is 5.41. The Bertz CT molecular complexity index is 2980. The van der Waals surface area contributed by atoms with Crippen molar-refractivity contribution in [1.29, 1.82) is 0 Å². The third-order valence-corrected chi connectivity index (χ3v) is 13.1. The molecule has 2 saturated carbocycles. The molecule has 3 amide bonds.